The number of hydrogen-bond acceptors (Lipinski definition) is 4. The Balaban J connectivity index is 1.68. The normalized spacial score (nSPS) is 12.6. The number of aryl methyl sites for hydroxylation is 1. The van der Waals surface area contributed by atoms with Crippen LogP contribution in [0.1, 0.15) is 34.1 Å². The molecule has 4 rings (SSSR count). The first-order valence-corrected chi connectivity index (χ1v) is 9.08. The lowest BCUT2D eigenvalue weighted by Crippen LogP contribution is -2.29. The smallest absolute Gasteiger partial charge is 0.290 e. The molecule has 2 heterocycles. The van der Waals surface area contributed by atoms with Crippen molar-refractivity contribution in [2.24, 2.45) is 0 Å². The van der Waals surface area contributed by atoms with E-state index in [9.17, 15) is 9.18 Å². The summed E-state index contributed by atoms with van der Waals surface area (Å²) in [5.74, 6) is -0.358. The van der Waals surface area contributed by atoms with Crippen molar-refractivity contribution >= 4 is 38.4 Å². The van der Waals surface area contributed by atoms with Crippen LogP contribution in [-0.2, 0) is 0 Å². The number of benzene rings is 2. The maximum atomic E-state index is 13.5. The van der Waals surface area contributed by atoms with Gasteiger partial charge < -0.3 is 9.32 Å². The van der Waals surface area contributed by atoms with Crippen LogP contribution in [0.15, 0.2) is 46.9 Å². The van der Waals surface area contributed by atoms with Gasteiger partial charge in [-0.15, -0.1) is 11.3 Å². The zero-order chi connectivity index (χ0) is 18.4. The molecule has 6 heteroatoms. The Labute approximate surface area is 153 Å². The van der Waals surface area contributed by atoms with E-state index in [4.69, 9.17) is 4.42 Å². The average Bonchev–Trinajstić information content (AvgIpc) is 3.21. The summed E-state index contributed by atoms with van der Waals surface area (Å²) in [4.78, 5) is 19.2. The first-order valence-electron chi connectivity index (χ1n) is 8.27. The van der Waals surface area contributed by atoms with E-state index in [1.165, 1.54) is 12.1 Å². The van der Waals surface area contributed by atoms with E-state index in [1.807, 2.05) is 31.2 Å². The molecule has 132 valence electrons. The van der Waals surface area contributed by atoms with Crippen molar-refractivity contribution < 1.29 is 13.6 Å². The van der Waals surface area contributed by atoms with E-state index in [0.29, 0.717) is 16.5 Å². The Bertz CT molecular complexity index is 1100. The molecule has 26 heavy (non-hydrogen) atoms. The molecular weight excluding hydrogens is 351 g/mol. The lowest BCUT2D eigenvalue weighted by molar-refractivity contribution is 0.0711. The number of fused-ring (bicyclic) bond motifs is 2. The van der Waals surface area contributed by atoms with Crippen molar-refractivity contribution in [1.82, 2.24) is 9.88 Å². The number of nitrogens with zero attached hydrogens (tertiary/aromatic N) is 2. The van der Waals surface area contributed by atoms with E-state index in [0.717, 1.165) is 15.2 Å². The number of aromatic nitrogens is 1. The topological polar surface area (TPSA) is 46.3 Å². The highest BCUT2D eigenvalue weighted by Gasteiger charge is 2.26. The SMILES string of the molecule is Cc1c(C(=O)N(C)[C@H](C)c2nc3ccccc3s2)oc2ccc(F)cc12. The third-order valence-corrected chi connectivity index (χ3v) is 5.87. The predicted molar refractivity (Wildman–Crippen MR) is 101 cm³/mol. The summed E-state index contributed by atoms with van der Waals surface area (Å²) in [5.41, 5.74) is 2.08. The van der Waals surface area contributed by atoms with Crippen molar-refractivity contribution in [3.63, 3.8) is 0 Å². The molecule has 0 bridgehead atoms. The average molecular weight is 368 g/mol. The van der Waals surface area contributed by atoms with Crippen LogP contribution in [0.4, 0.5) is 4.39 Å². The van der Waals surface area contributed by atoms with Crippen LogP contribution in [0, 0.1) is 12.7 Å². The van der Waals surface area contributed by atoms with Gasteiger partial charge in [-0.1, -0.05) is 12.1 Å². The molecule has 0 radical (unpaired) electrons. The van der Waals surface area contributed by atoms with Gasteiger partial charge in [-0.05, 0) is 44.2 Å². The minimum absolute atomic E-state index is 0.204. The fourth-order valence-electron chi connectivity index (χ4n) is 2.97. The molecule has 2 aromatic carbocycles. The van der Waals surface area contributed by atoms with Gasteiger partial charge in [0.15, 0.2) is 5.76 Å². The fourth-order valence-corrected chi connectivity index (χ4v) is 4.03. The summed E-state index contributed by atoms with van der Waals surface area (Å²) < 4.78 is 20.3. The molecule has 0 N–H and O–H groups in total. The molecule has 0 saturated heterocycles. The number of furan rings is 1. The third kappa shape index (κ3) is 2.66. The zero-order valence-corrected chi connectivity index (χ0v) is 15.4. The summed E-state index contributed by atoms with van der Waals surface area (Å²) >= 11 is 1.57. The van der Waals surface area contributed by atoms with Crippen molar-refractivity contribution in [2.45, 2.75) is 19.9 Å². The summed E-state index contributed by atoms with van der Waals surface area (Å²) in [6.07, 6.45) is 0. The maximum Gasteiger partial charge on any atom is 0.290 e. The molecule has 4 nitrogen and oxygen atoms in total. The zero-order valence-electron chi connectivity index (χ0n) is 14.6. The third-order valence-electron chi connectivity index (χ3n) is 4.66. The molecule has 0 aliphatic carbocycles. The number of carbonyl (C=O) groups excluding carboxylic acids is 1. The Kier molecular flexibility index (Phi) is 4.00. The van der Waals surface area contributed by atoms with Crippen molar-refractivity contribution in [3.05, 3.63) is 64.6 Å². The van der Waals surface area contributed by atoms with Gasteiger partial charge in [0.25, 0.3) is 5.91 Å². The van der Waals surface area contributed by atoms with Gasteiger partial charge in [-0.3, -0.25) is 4.79 Å². The second-order valence-corrected chi connectivity index (χ2v) is 7.37. The Hall–Kier alpha value is -2.73. The highest BCUT2D eigenvalue weighted by Crippen LogP contribution is 2.32. The predicted octanol–water partition coefficient (Wildman–Crippen LogP) is 5.32. The van der Waals surface area contributed by atoms with Gasteiger partial charge in [-0.2, -0.15) is 0 Å². The largest absolute Gasteiger partial charge is 0.451 e. The number of thiazole rings is 1. The summed E-state index contributed by atoms with van der Waals surface area (Å²) in [6.45, 7) is 3.71. The van der Waals surface area contributed by atoms with Crippen LogP contribution in [-0.4, -0.2) is 22.8 Å². The van der Waals surface area contributed by atoms with Crippen molar-refractivity contribution in [3.8, 4) is 0 Å². The summed E-state index contributed by atoms with van der Waals surface area (Å²) in [7, 11) is 1.73. The molecule has 0 unspecified atom stereocenters. The highest BCUT2D eigenvalue weighted by atomic mass is 32.1. The molecule has 0 aliphatic heterocycles. The van der Waals surface area contributed by atoms with Gasteiger partial charge in [0.2, 0.25) is 0 Å². The van der Waals surface area contributed by atoms with E-state index < -0.39 is 0 Å². The molecule has 2 aromatic heterocycles. The minimum Gasteiger partial charge on any atom is -0.451 e. The molecule has 1 atom stereocenters. The quantitative estimate of drug-likeness (QED) is 0.491. The van der Waals surface area contributed by atoms with Crippen LogP contribution in [0.5, 0.6) is 0 Å². The van der Waals surface area contributed by atoms with Gasteiger partial charge in [0.1, 0.15) is 16.4 Å². The van der Waals surface area contributed by atoms with Crippen molar-refractivity contribution in [1.29, 1.82) is 0 Å². The van der Waals surface area contributed by atoms with E-state index in [2.05, 4.69) is 4.98 Å². The first kappa shape index (κ1) is 16.7. The molecule has 1 amide bonds. The Morgan fingerprint density at radius 2 is 2.04 bits per heavy atom. The second-order valence-electron chi connectivity index (χ2n) is 6.31. The van der Waals surface area contributed by atoms with Crippen molar-refractivity contribution in [2.75, 3.05) is 7.05 Å². The van der Waals surface area contributed by atoms with Crippen LogP contribution in [0.2, 0.25) is 0 Å². The van der Waals surface area contributed by atoms with Crippen LogP contribution in [0.3, 0.4) is 0 Å². The van der Waals surface area contributed by atoms with Gasteiger partial charge in [0, 0.05) is 18.0 Å². The number of hydrogen-bond donors (Lipinski definition) is 0. The number of halogens is 1. The summed E-state index contributed by atoms with van der Waals surface area (Å²) in [6, 6.07) is 12.0. The molecule has 0 aliphatic rings. The lowest BCUT2D eigenvalue weighted by Gasteiger charge is -2.22. The highest BCUT2D eigenvalue weighted by molar-refractivity contribution is 7.18. The fraction of sp³-hybridized carbons (Fsp3) is 0.200. The van der Waals surface area contributed by atoms with Crippen LogP contribution in [0.25, 0.3) is 21.2 Å². The standard InChI is InChI=1S/C20H17FN2O2S/c1-11-14-10-13(21)8-9-16(14)25-18(11)20(24)23(3)12(2)19-22-15-6-4-5-7-17(15)26-19/h4-10,12H,1-3H3/t12-/m1/s1. The molecule has 0 fully saturated rings. The Morgan fingerprint density at radius 3 is 2.81 bits per heavy atom. The summed E-state index contributed by atoms with van der Waals surface area (Å²) in [5, 5.41) is 1.48. The van der Waals surface area contributed by atoms with Crippen LogP contribution >= 0.6 is 11.3 Å². The first-order chi connectivity index (χ1) is 12.5. The molecule has 0 saturated carbocycles. The van der Waals surface area contributed by atoms with E-state index in [1.54, 1.807) is 36.3 Å². The van der Waals surface area contributed by atoms with Gasteiger partial charge in [0.05, 0.1) is 16.3 Å². The number of para-hydroxylation sites is 1. The molecule has 4 aromatic rings. The van der Waals surface area contributed by atoms with E-state index >= 15 is 0 Å². The Morgan fingerprint density at radius 1 is 1.27 bits per heavy atom. The molecular formula is C20H17FN2O2S. The lowest BCUT2D eigenvalue weighted by atomic mass is 10.1. The number of rotatable bonds is 3. The minimum atomic E-state index is -0.350. The van der Waals surface area contributed by atoms with E-state index in [-0.39, 0.29) is 23.5 Å². The molecule has 0 spiro atoms. The maximum absolute atomic E-state index is 13.5. The van der Waals surface area contributed by atoms with Gasteiger partial charge >= 0.3 is 0 Å². The number of amides is 1. The second kappa shape index (κ2) is 6.21. The van der Waals surface area contributed by atoms with Crippen LogP contribution < -0.4 is 0 Å². The van der Waals surface area contributed by atoms with Gasteiger partial charge in [-0.25, -0.2) is 9.37 Å². The number of carbonyl (C=O) groups is 1. The monoisotopic (exact) mass is 368 g/mol.